The maximum absolute atomic E-state index is 13.8. The second-order valence-corrected chi connectivity index (χ2v) is 13.6. The third-order valence-electron chi connectivity index (χ3n) is 8.23. The Labute approximate surface area is 256 Å². The topological polar surface area (TPSA) is 108 Å². The van der Waals surface area contributed by atoms with E-state index in [0.717, 1.165) is 33.5 Å². The number of ether oxygens (including phenoxy) is 1. The number of para-hydroxylation sites is 1. The summed E-state index contributed by atoms with van der Waals surface area (Å²) in [4.78, 5) is 17.6. The number of hydrogen-bond donors (Lipinski definition) is 2. The van der Waals surface area contributed by atoms with Gasteiger partial charge in [0.2, 0.25) is 10.0 Å². The highest BCUT2D eigenvalue weighted by Gasteiger charge is 2.32. The fraction of sp³-hybridized carbons (Fsp3) is 0.424. The minimum Gasteiger partial charge on any atom is -0.461 e. The molecule has 0 amide bonds. The zero-order valence-corrected chi connectivity index (χ0v) is 27.2. The van der Waals surface area contributed by atoms with Crippen molar-refractivity contribution in [3.05, 3.63) is 82.4 Å². The summed E-state index contributed by atoms with van der Waals surface area (Å²) in [6.07, 6.45) is -0.136. The van der Waals surface area contributed by atoms with Gasteiger partial charge in [-0.25, -0.2) is 8.42 Å². The minimum absolute atomic E-state index is 0.125. The van der Waals surface area contributed by atoms with Gasteiger partial charge in [-0.1, -0.05) is 36.4 Å². The molecule has 0 saturated carbocycles. The Balaban J connectivity index is 1.72. The van der Waals surface area contributed by atoms with Crippen LogP contribution in [0.5, 0.6) is 0 Å². The number of carbonyl (C=O) groups is 1. The molecule has 9 nitrogen and oxygen atoms in total. The van der Waals surface area contributed by atoms with Crippen LogP contribution in [0.15, 0.2) is 59.5 Å². The van der Waals surface area contributed by atoms with Crippen LogP contribution in [0.3, 0.4) is 0 Å². The van der Waals surface area contributed by atoms with Crippen LogP contribution < -0.4 is 16.0 Å². The standard InChI is InChI=1S/C33H45N5O4S/c1-22-12-13-25(18-26(22)21-38-17-16-37(7)30-10-8-9-11-31(30)43(38,40)41)28(19-32(39)42-23(2)20-36(5)6)27-14-15-29(35-4)33(34)24(27)3/h8-15,18,23,28,35H,16-17,19-21,34H2,1-7H3. The van der Waals surface area contributed by atoms with Gasteiger partial charge in [-0.05, 0) is 80.9 Å². The number of nitrogen functional groups attached to an aromatic ring is 1. The number of esters is 1. The fourth-order valence-corrected chi connectivity index (χ4v) is 7.45. The number of rotatable bonds is 10. The first-order chi connectivity index (χ1) is 20.3. The fourth-order valence-electron chi connectivity index (χ4n) is 5.80. The lowest BCUT2D eigenvalue weighted by Crippen LogP contribution is -2.33. The first-order valence-electron chi connectivity index (χ1n) is 14.6. The van der Waals surface area contributed by atoms with Gasteiger partial charge in [0.05, 0.1) is 23.5 Å². The van der Waals surface area contributed by atoms with Crippen LogP contribution in [0.4, 0.5) is 17.1 Å². The van der Waals surface area contributed by atoms with Crippen molar-refractivity contribution >= 4 is 33.1 Å². The van der Waals surface area contributed by atoms with Gasteiger partial charge in [0.15, 0.2) is 0 Å². The van der Waals surface area contributed by atoms with Gasteiger partial charge in [-0.15, -0.1) is 0 Å². The summed E-state index contributed by atoms with van der Waals surface area (Å²) < 4.78 is 35.0. The number of sulfonamides is 1. The molecule has 0 saturated heterocycles. The number of carbonyl (C=O) groups excluding carboxylic acids is 1. The molecule has 232 valence electrons. The molecule has 2 atom stereocenters. The summed E-state index contributed by atoms with van der Waals surface area (Å²) in [7, 11) is 3.90. The minimum atomic E-state index is -3.72. The Kier molecular flexibility index (Phi) is 10.0. The zero-order valence-electron chi connectivity index (χ0n) is 26.3. The van der Waals surface area contributed by atoms with E-state index in [0.29, 0.717) is 35.9 Å². The number of benzene rings is 3. The maximum atomic E-state index is 13.8. The van der Waals surface area contributed by atoms with Crippen molar-refractivity contribution in [1.29, 1.82) is 0 Å². The second kappa shape index (κ2) is 13.4. The lowest BCUT2D eigenvalue weighted by Gasteiger charge is -2.25. The molecule has 0 aliphatic carbocycles. The number of anilines is 3. The number of aryl methyl sites for hydroxylation is 1. The number of nitrogens with two attached hydrogens (primary N) is 1. The molecule has 1 aliphatic heterocycles. The number of nitrogens with one attached hydrogen (secondary N) is 1. The summed E-state index contributed by atoms with van der Waals surface area (Å²) >= 11 is 0. The van der Waals surface area contributed by atoms with E-state index in [1.54, 1.807) is 16.4 Å². The molecule has 10 heteroatoms. The molecule has 2 unspecified atom stereocenters. The third-order valence-corrected chi connectivity index (χ3v) is 10.1. The van der Waals surface area contributed by atoms with Crippen molar-refractivity contribution in [2.75, 3.05) is 63.8 Å². The Morgan fingerprint density at radius 2 is 1.81 bits per heavy atom. The highest BCUT2D eigenvalue weighted by atomic mass is 32.2. The van der Waals surface area contributed by atoms with Crippen LogP contribution in [0.25, 0.3) is 0 Å². The molecule has 0 fully saturated rings. The molecule has 0 bridgehead atoms. The molecular formula is C33H45N5O4S. The van der Waals surface area contributed by atoms with Crippen molar-refractivity contribution in [2.45, 2.75) is 50.7 Å². The van der Waals surface area contributed by atoms with Crippen molar-refractivity contribution in [1.82, 2.24) is 9.21 Å². The van der Waals surface area contributed by atoms with Crippen LogP contribution in [-0.4, -0.2) is 77.5 Å². The summed E-state index contributed by atoms with van der Waals surface area (Å²) in [5.41, 5.74) is 13.2. The predicted molar refractivity (Wildman–Crippen MR) is 174 cm³/mol. The van der Waals surface area contributed by atoms with Gasteiger partial charge >= 0.3 is 5.97 Å². The number of likely N-dealkylation sites (N-methyl/N-ethyl adjacent to an activating group) is 2. The lowest BCUT2D eigenvalue weighted by atomic mass is 9.84. The molecule has 4 rings (SSSR count). The Hall–Kier alpha value is -3.60. The molecule has 43 heavy (non-hydrogen) atoms. The van der Waals surface area contributed by atoms with E-state index in [1.165, 1.54) is 0 Å². The predicted octanol–water partition coefficient (Wildman–Crippen LogP) is 4.58. The van der Waals surface area contributed by atoms with E-state index in [9.17, 15) is 13.2 Å². The SMILES string of the molecule is CNc1ccc(C(CC(=O)OC(C)CN(C)C)c2ccc(C)c(CN3CCN(C)c4ccccc4S3(=O)=O)c2)c(C)c1N. The summed E-state index contributed by atoms with van der Waals surface area (Å²) in [5, 5.41) is 3.12. The van der Waals surface area contributed by atoms with Gasteiger partial charge in [-0.2, -0.15) is 4.31 Å². The molecule has 3 aromatic carbocycles. The van der Waals surface area contributed by atoms with Gasteiger partial charge in [-0.3, -0.25) is 4.79 Å². The average molecular weight is 608 g/mol. The Morgan fingerprint density at radius 3 is 2.51 bits per heavy atom. The van der Waals surface area contributed by atoms with Crippen LogP contribution in [0, 0.1) is 13.8 Å². The van der Waals surface area contributed by atoms with E-state index < -0.39 is 10.0 Å². The molecule has 1 heterocycles. The van der Waals surface area contributed by atoms with Crippen molar-refractivity contribution in [2.24, 2.45) is 0 Å². The van der Waals surface area contributed by atoms with Crippen LogP contribution in [-0.2, 0) is 26.1 Å². The smallest absolute Gasteiger partial charge is 0.307 e. The second-order valence-electron chi connectivity index (χ2n) is 11.7. The summed E-state index contributed by atoms with van der Waals surface area (Å²) in [6.45, 7) is 7.62. The molecule has 3 N–H and O–H groups in total. The lowest BCUT2D eigenvalue weighted by molar-refractivity contribution is -0.149. The Bertz CT molecular complexity index is 1570. The van der Waals surface area contributed by atoms with E-state index in [1.807, 2.05) is 101 Å². The van der Waals surface area contributed by atoms with Crippen molar-refractivity contribution < 1.29 is 17.9 Å². The molecule has 0 radical (unpaired) electrons. The summed E-state index contributed by atoms with van der Waals surface area (Å²) in [6, 6.07) is 17.1. The van der Waals surface area contributed by atoms with Crippen molar-refractivity contribution in [3.8, 4) is 0 Å². The number of fused-ring (bicyclic) bond motifs is 1. The van der Waals surface area contributed by atoms with E-state index in [2.05, 4.69) is 5.32 Å². The van der Waals surface area contributed by atoms with Crippen LogP contribution in [0.2, 0.25) is 0 Å². The normalized spacial score (nSPS) is 16.3. The Morgan fingerprint density at radius 1 is 1.09 bits per heavy atom. The molecule has 0 aromatic heterocycles. The van der Waals surface area contributed by atoms with Gasteiger partial charge in [0, 0.05) is 46.2 Å². The van der Waals surface area contributed by atoms with Crippen molar-refractivity contribution in [3.63, 3.8) is 0 Å². The monoisotopic (exact) mass is 607 g/mol. The average Bonchev–Trinajstić information content (AvgIpc) is 3.04. The molecule has 1 aliphatic rings. The van der Waals surface area contributed by atoms with Gasteiger partial charge < -0.3 is 25.6 Å². The van der Waals surface area contributed by atoms with Gasteiger partial charge in [0.25, 0.3) is 0 Å². The largest absolute Gasteiger partial charge is 0.461 e. The number of hydrogen-bond acceptors (Lipinski definition) is 8. The third kappa shape index (κ3) is 7.14. The highest BCUT2D eigenvalue weighted by molar-refractivity contribution is 7.89. The quantitative estimate of drug-likeness (QED) is 0.255. The molecule has 0 spiro atoms. The first kappa shape index (κ1) is 32.3. The van der Waals surface area contributed by atoms with E-state index in [4.69, 9.17) is 10.5 Å². The molecule has 3 aromatic rings. The van der Waals surface area contributed by atoms with Gasteiger partial charge in [0.1, 0.15) is 11.0 Å². The maximum Gasteiger partial charge on any atom is 0.307 e. The first-order valence-corrected chi connectivity index (χ1v) is 16.1. The van der Waals surface area contributed by atoms with E-state index >= 15 is 0 Å². The summed E-state index contributed by atoms with van der Waals surface area (Å²) in [5.74, 6) is -0.633. The zero-order chi connectivity index (χ0) is 31.5. The van der Waals surface area contributed by atoms with Crippen LogP contribution >= 0.6 is 0 Å². The number of nitrogens with zero attached hydrogens (tertiary/aromatic N) is 3. The van der Waals surface area contributed by atoms with Crippen LogP contribution in [0.1, 0.15) is 47.1 Å². The van der Waals surface area contributed by atoms with E-state index in [-0.39, 0.29) is 31.0 Å². The highest BCUT2D eigenvalue weighted by Crippen LogP contribution is 2.37. The molecular weight excluding hydrogens is 562 g/mol.